The van der Waals surface area contributed by atoms with E-state index in [1.807, 2.05) is 0 Å². The molecule has 20 heavy (non-hydrogen) atoms. The minimum Gasteiger partial charge on any atom is -0.481 e. The Balaban J connectivity index is 2.06. The van der Waals surface area contributed by atoms with Gasteiger partial charge in [-0.1, -0.05) is 30.3 Å². The maximum Gasteiger partial charge on any atom is 0.305 e. The Labute approximate surface area is 116 Å². The smallest absolute Gasteiger partial charge is 0.305 e. The van der Waals surface area contributed by atoms with Gasteiger partial charge in [0.05, 0.1) is 25.3 Å². The van der Waals surface area contributed by atoms with Crippen molar-refractivity contribution in [1.29, 1.82) is 0 Å². The molecule has 0 spiro atoms. The second-order valence-corrected chi connectivity index (χ2v) is 4.34. The summed E-state index contributed by atoms with van der Waals surface area (Å²) < 4.78 is 5.15. The van der Waals surface area contributed by atoms with Crippen LogP contribution in [0.4, 0.5) is 0 Å². The molecule has 0 bridgehead atoms. The minimum atomic E-state index is -1.02. The highest BCUT2D eigenvalue weighted by molar-refractivity contribution is 6.01. The summed E-state index contributed by atoms with van der Waals surface area (Å²) in [5, 5.41) is 11.8. The van der Waals surface area contributed by atoms with Crippen molar-refractivity contribution >= 4 is 11.8 Å². The summed E-state index contributed by atoms with van der Waals surface area (Å²) in [6.45, 7) is 0.309. The van der Waals surface area contributed by atoms with Crippen molar-refractivity contribution < 1.29 is 19.1 Å². The van der Waals surface area contributed by atoms with Crippen LogP contribution in [0.15, 0.2) is 53.1 Å². The summed E-state index contributed by atoms with van der Waals surface area (Å²) in [6, 6.07) is 11.4. The quantitative estimate of drug-likeness (QED) is 0.755. The summed E-state index contributed by atoms with van der Waals surface area (Å²) in [5.41, 5.74) is 0.491. The van der Waals surface area contributed by atoms with E-state index in [9.17, 15) is 9.59 Å². The van der Waals surface area contributed by atoms with Crippen molar-refractivity contribution in [2.75, 3.05) is 0 Å². The van der Waals surface area contributed by atoms with Gasteiger partial charge in [-0.15, -0.1) is 0 Å². The SMILES string of the molecule is O=C(O)CC(NCc1ccco1)C(=O)c1ccccc1. The number of aliphatic carboxylic acids is 1. The number of nitrogens with one attached hydrogen (secondary N) is 1. The summed E-state index contributed by atoms with van der Waals surface area (Å²) in [4.78, 5) is 23.2. The van der Waals surface area contributed by atoms with E-state index in [0.29, 0.717) is 17.9 Å². The third-order valence-electron chi connectivity index (χ3n) is 2.86. The first-order valence-electron chi connectivity index (χ1n) is 6.23. The number of carbonyl (C=O) groups is 2. The van der Waals surface area contributed by atoms with Crippen molar-refractivity contribution in [3.8, 4) is 0 Å². The predicted octanol–water partition coefficient (Wildman–Crippen LogP) is 2.10. The van der Waals surface area contributed by atoms with Gasteiger partial charge in [0, 0.05) is 5.56 Å². The Morgan fingerprint density at radius 1 is 1.15 bits per heavy atom. The zero-order valence-corrected chi connectivity index (χ0v) is 10.8. The van der Waals surface area contributed by atoms with Crippen molar-refractivity contribution in [3.05, 3.63) is 60.1 Å². The number of rotatable bonds is 7. The average molecular weight is 273 g/mol. The van der Waals surface area contributed by atoms with E-state index in [2.05, 4.69) is 5.32 Å². The number of benzene rings is 1. The molecule has 1 heterocycles. The van der Waals surface area contributed by atoms with E-state index in [1.165, 1.54) is 6.26 Å². The van der Waals surface area contributed by atoms with Gasteiger partial charge in [-0.25, -0.2) is 0 Å². The summed E-state index contributed by atoms with van der Waals surface area (Å²) in [6.07, 6.45) is 1.26. The molecule has 0 radical (unpaired) electrons. The van der Waals surface area contributed by atoms with Crippen LogP contribution >= 0.6 is 0 Å². The number of hydrogen-bond donors (Lipinski definition) is 2. The van der Waals surface area contributed by atoms with Crippen LogP contribution in [0.2, 0.25) is 0 Å². The van der Waals surface area contributed by atoms with Gasteiger partial charge < -0.3 is 9.52 Å². The van der Waals surface area contributed by atoms with Gasteiger partial charge in [0.15, 0.2) is 5.78 Å². The molecule has 1 atom stereocenters. The van der Waals surface area contributed by atoms with Crippen LogP contribution in [-0.2, 0) is 11.3 Å². The largest absolute Gasteiger partial charge is 0.481 e. The highest BCUT2D eigenvalue weighted by Gasteiger charge is 2.22. The molecule has 5 heteroatoms. The predicted molar refractivity (Wildman–Crippen MR) is 72.4 cm³/mol. The van der Waals surface area contributed by atoms with Crippen molar-refractivity contribution in [2.24, 2.45) is 0 Å². The first-order chi connectivity index (χ1) is 9.66. The highest BCUT2D eigenvalue weighted by Crippen LogP contribution is 2.08. The van der Waals surface area contributed by atoms with Crippen LogP contribution in [-0.4, -0.2) is 22.9 Å². The van der Waals surface area contributed by atoms with Gasteiger partial charge in [0.2, 0.25) is 0 Å². The van der Waals surface area contributed by atoms with E-state index in [0.717, 1.165) is 0 Å². The number of carboxylic acids is 1. The minimum absolute atomic E-state index is 0.237. The van der Waals surface area contributed by atoms with E-state index < -0.39 is 12.0 Å². The fourth-order valence-corrected chi connectivity index (χ4v) is 1.87. The number of ketones is 1. The van der Waals surface area contributed by atoms with Gasteiger partial charge >= 0.3 is 5.97 Å². The molecular weight excluding hydrogens is 258 g/mol. The van der Waals surface area contributed by atoms with Crippen LogP contribution < -0.4 is 5.32 Å². The zero-order chi connectivity index (χ0) is 14.4. The first-order valence-corrected chi connectivity index (χ1v) is 6.23. The third-order valence-corrected chi connectivity index (χ3v) is 2.86. The highest BCUT2D eigenvalue weighted by atomic mass is 16.4. The van der Waals surface area contributed by atoms with Crippen LogP contribution in [0.25, 0.3) is 0 Å². The second-order valence-electron chi connectivity index (χ2n) is 4.34. The van der Waals surface area contributed by atoms with Crippen molar-refractivity contribution in [3.63, 3.8) is 0 Å². The molecule has 1 aromatic heterocycles. The fourth-order valence-electron chi connectivity index (χ4n) is 1.87. The summed E-state index contributed by atoms with van der Waals surface area (Å²) in [5.74, 6) is -0.605. The molecule has 104 valence electrons. The standard InChI is InChI=1S/C15H15NO4/c17-14(18)9-13(16-10-12-7-4-8-20-12)15(19)11-5-2-1-3-6-11/h1-8,13,16H,9-10H2,(H,17,18). The van der Waals surface area contributed by atoms with Crippen LogP contribution in [0.3, 0.4) is 0 Å². The molecule has 1 unspecified atom stereocenters. The molecule has 0 amide bonds. The van der Waals surface area contributed by atoms with Gasteiger partial charge in [-0.05, 0) is 12.1 Å². The molecule has 5 nitrogen and oxygen atoms in total. The lowest BCUT2D eigenvalue weighted by Gasteiger charge is -2.15. The van der Waals surface area contributed by atoms with Gasteiger partial charge in [0.1, 0.15) is 5.76 Å². The molecule has 1 aromatic carbocycles. The lowest BCUT2D eigenvalue weighted by atomic mass is 10.0. The van der Waals surface area contributed by atoms with Crippen LogP contribution in [0.1, 0.15) is 22.5 Å². The number of hydrogen-bond acceptors (Lipinski definition) is 4. The Morgan fingerprint density at radius 2 is 1.90 bits per heavy atom. The second kappa shape index (κ2) is 6.68. The molecular formula is C15H15NO4. The molecule has 0 aliphatic rings. The Hall–Kier alpha value is -2.40. The third kappa shape index (κ3) is 3.80. The molecule has 2 N–H and O–H groups in total. The molecule has 0 saturated carbocycles. The van der Waals surface area contributed by atoms with Crippen molar-refractivity contribution in [1.82, 2.24) is 5.32 Å². The Morgan fingerprint density at radius 3 is 2.50 bits per heavy atom. The Kier molecular flexibility index (Phi) is 4.68. The fraction of sp³-hybridized carbons (Fsp3) is 0.200. The molecule has 2 rings (SSSR count). The van der Waals surface area contributed by atoms with Gasteiger partial charge in [-0.2, -0.15) is 0 Å². The lowest BCUT2D eigenvalue weighted by molar-refractivity contribution is -0.137. The number of Topliss-reactive ketones (excluding diaryl/α,β-unsaturated/α-hetero) is 1. The number of carbonyl (C=O) groups excluding carboxylic acids is 1. The lowest BCUT2D eigenvalue weighted by Crippen LogP contribution is -2.38. The topological polar surface area (TPSA) is 79.5 Å². The van der Waals surface area contributed by atoms with E-state index in [4.69, 9.17) is 9.52 Å². The van der Waals surface area contributed by atoms with E-state index in [1.54, 1.807) is 42.5 Å². The van der Waals surface area contributed by atoms with Crippen LogP contribution in [0, 0.1) is 0 Å². The first kappa shape index (κ1) is 14.0. The van der Waals surface area contributed by atoms with Crippen LogP contribution in [0.5, 0.6) is 0 Å². The Bertz CT molecular complexity index is 563. The van der Waals surface area contributed by atoms with E-state index >= 15 is 0 Å². The van der Waals surface area contributed by atoms with Gasteiger partial charge in [0.25, 0.3) is 0 Å². The summed E-state index contributed by atoms with van der Waals surface area (Å²) in [7, 11) is 0. The number of carboxylic acid groups (broad SMARTS) is 1. The molecule has 0 aliphatic heterocycles. The molecule has 2 aromatic rings. The maximum atomic E-state index is 12.3. The maximum absolute atomic E-state index is 12.3. The monoisotopic (exact) mass is 273 g/mol. The number of furan rings is 1. The molecule has 0 fully saturated rings. The normalized spacial score (nSPS) is 12.0. The average Bonchev–Trinajstić information content (AvgIpc) is 2.96. The van der Waals surface area contributed by atoms with Crippen molar-refractivity contribution in [2.45, 2.75) is 19.0 Å². The molecule has 0 saturated heterocycles. The summed E-state index contributed by atoms with van der Waals surface area (Å²) >= 11 is 0. The van der Waals surface area contributed by atoms with Gasteiger partial charge in [-0.3, -0.25) is 14.9 Å². The van der Waals surface area contributed by atoms with E-state index in [-0.39, 0.29) is 12.2 Å². The molecule has 0 aliphatic carbocycles. The zero-order valence-electron chi connectivity index (χ0n) is 10.8.